The van der Waals surface area contributed by atoms with Gasteiger partial charge in [-0.15, -0.1) is 0 Å². The van der Waals surface area contributed by atoms with Gasteiger partial charge in [-0.2, -0.15) is 0 Å². The van der Waals surface area contributed by atoms with E-state index in [1.54, 1.807) is 6.07 Å². The van der Waals surface area contributed by atoms with Crippen molar-refractivity contribution < 1.29 is 28.3 Å². The van der Waals surface area contributed by atoms with Gasteiger partial charge >= 0.3 is 5.97 Å². The Kier molecular flexibility index (Phi) is 9.42. The van der Waals surface area contributed by atoms with Crippen LogP contribution in [0.3, 0.4) is 0 Å². The van der Waals surface area contributed by atoms with Crippen LogP contribution in [0.2, 0.25) is 10.0 Å². The summed E-state index contributed by atoms with van der Waals surface area (Å²) in [5, 5.41) is 5.11. The highest BCUT2D eigenvalue weighted by molar-refractivity contribution is 6.36. The largest absolute Gasteiger partial charge is 0.454 e. The van der Waals surface area contributed by atoms with Crippen LogP contribution in [0.4, 0.5) is 4.39 Å². The van der Waals surface area contributed by atoms with Crippen molar-refractivity contribution in [3.63, 3.8) is 0 Å². The van der Waals surface area contributed by atoms with Crippen molar-refractivity contribution >= 4 is 46.9 Å². The van der Waals surface area contributed by atoms with Crippen molar-refractivity contribution in [1.82, 2.24) is 15.5 Å². The summed E-state index contributed by atoms with van der Waals surface area (Å²) in [7, 11) is 1.48. The Morgan fingerprint density at radius 2 is 1.78 bits per heavy atom. The van der Waals surface area contributed by atoms with Gasteiger partial charge in [0.2, 0.25) is 5.91 Å². The van der Waals surface area contributed by atoms with Crippen molar-refractivity contribution in [2.24, 2.45) is 0 Å². The summed E-state index contributed by atoms with van der Waals surface area (Å²) in [5.74, 6) is -2.98. The topological polar surface area (TPSA) is 105 Å². The monoisotopic (exact) mass is 483 g/mol. The number of rotatable bonds is 9. The summed E-state index contributed by atoms with van der Waals surface area (Å²) in [6.07, 6.45) is 0. The number of likely N-dealkylation sites (N-methyl/N-ethyl adjacent to an activating group) is 1. The normalized spacial score (nSPS) is 10.2. The molecule has 0 atom stereocenters. The van der Waals surface area contributed by atoms with Gasteiger partial charge in [0.05, 0.1) is 17.1 Å². The Hall–Kier alpha value is -3.17. The highest BCUT2D eigenvalue weighted by Gasteiger charge is 2.15. The maximum Gasteiger partial charge on any atom is 0.325 e. The number of ether oxygens (including phenoxy) is 1. The Balaban J connectivity index is 1.68. The van der Waals surface area contributed by atoms with Crippen molar-refractivity contribution in [3.05, 3.63) is 69.5 Å². The third-order valence-corrected chi connectivity index (χ3v) is 4.65. The number of hydrogen-bond acceptors (Lipinski definition) is 5. The first-order valence-electron chi connectivity index (χ1n) is 9.29. The van der Waals surface area contributed by atoms with Gasteiger partial charge in [0.15, 0.2) is 6.61 Å². The average Bonchev–Trinajstić information content (AvgIpc) is 2.74. The Bertz CT molecular complexity index is 1020. The van der Waals surface area contributed by atoms with Gasteiger partial charge in [-0.1, -0.05) is 35.3 Å². The third-order valence-electron chi connectivity index (χ3n) is 4.11. The molecule has 170 valence electrons. The molecule has 11 heteroatoms. The molecule has 0 radical (unpaired) electrons. The summed E-state index contributed by atoms with van der Waals surface area (Å²) in [6.45, 7) is -1.29. The molecule has 0 aromatic heterocycles. The van der Waals surface area contributed by atoms with E-state index in [-0.39, 0.29) is 17.1 Å². The predicted octanol–water partition coefficient (Wildman–Crippen LogP) is 2.18. The first kappa shape index (κ1) is 25.1. The fourth-order valence-electron chi connectivity index (χ4n) is 2.46. The van der Waals surface area contributed by atoms with Crippen LogP contribution in [-0.4, -0.2) is 55.3 Å². The van der Waals surface area contributed by atoms with Gasteiger partial charge in [0.1, 0.15) is 12.4 Å². The van der Waals surface area contributed by atoms with Crippen molar-refractivity contribution in [2.75, 3.05) is 26.7 Å². The summed E-state index contributed by atoms with van der Waals surface area (Å²) in [5.41, 5.74) is 0.727. The first-order valence-corrected chi connectivity index (χ1v) is 10.0. The number of benzene rings is 2. The molecule has 2 N–H and O–H groups in total. The smallest absolute Gasteiger partial charge is 0.325 e. The van der Waals surface area contributed by atoms with Crippen LogP contribution >= 0.6 is 23.2 Å². The average molecular weight is 484 g/mol. The molecule has 0 spiro atoms. The number of carbonyl (C=O) groups excluding carboxylic acids is 4. The summed E-state index contributed by atoms with van der Waals surface area (Å²) in [4.78, 5) is 48.9. The molecule has 3 amide bonds. The zero-order valence-corrected chi connectivity index (χ0v) is 18.5. The second kappa shape index (κ2) is 12.0. The van der Waals surface area contributed by atoms with Crippen LogP contribution in [0.25, 0.3) is 0 Å². The van der Waals surface area contributed by atoms with E-state index >= 15 is 0 Å². The lowest BCUT2D eigenvalue weighted by Gasteiger charge is -2.17. The number of nitrogens with one attached hydrogen (secondary N) is 2. The van der Waals surface area contributed by atoms with E-state index in [0.29, 0.717) is 10.6 Å². The molecule has 0 bridgehead atoms. The summed E-state index contributed by atoms with van der Waals surface area (Å²) < 4.78 is 18.0. The lowest BCUT2D eigenvalue weighted by Crippen LogP contribution is -2.40. The molecular weight excluding hydrogens is 464 g/mol. The molecule has 0 aliphatic carbocycles. The maximum atomic E-state index is 13.2. The van der Waals surface area contributed by atoms with Crippen molar-refractivity contribution in [3.8, 4) is 0 Å². The molecule has 0 aliphatic rings. The van der Waals surface area contributed by atoms with Crippen molar-refractivity contribution in [1.29, 1.82) is 0 Å². The van der Waals surface area contributed by atoms with E-state index < -0.39 is 49.2 Å². The fourth-order valence-corrected chi connectivity index (χ4v) is 2.96. The molecule has 8 nitrogen and oxygen atoms in total. The molecule has 0 aliphatic heterocycles. The first-order chi connectivity index (χ1) is 15.2. The number of carbonyl (C=O) groups is 4. The minimum atomic E-state index is -0.835. The second-order valence-corrected chi connectivity index (χ2v) is 7.47. The van der Waals surface area contributed by atoms with Gasteiger partial charge in [0, 0.05) is 18.6 Å². The second-order valence-electron chi connectivity index (χ2n) is 6.62. The van der Waals surface area contributed by atoms with Gasteiger partial charge in [-0.25, -0.2) is 4.39 Å². The molecule has 0 fully saturated rings. The molecule has 32 heavy (non-hydrogen) atoms. The van der Waals surface area contributed by atoms with Crippen LogP contribution in [-0.2, 0) is 25.7 Å². The highest BCUT2D eigenvalue weighted by Crippen LogP contribution is 2.20. The van der Waals surface area contributed by atoms with Crippen LogP contribution in [0.15, 0.2) is 42.5 Å². The van der Waals surface area contributed by atoms with E-state index in [1.165, 1.54) is 48.3 Å². The minimum Gasteiger partial charge on any atom is -0.454 e. The Labute approximate surface area is 193 Å². The molecule has 2 aromatic carbocycles. The quantitative estimate of drug-likeness (QED) is 0.531. The Morgan fingerprint density at radius 1 is 1.03 bits per heavy atom. The summed E-state index contributed by atoms with van der Waals surface area (Å²) in [6, 6.07) is 10.1. The maximum absolute atomic E-state index is 13.2. The lowest BCUT2D eigenvalue weighted by atomic mass is 10.2. The van der Waals surface area contributed by atoms with Crippen LogP contribution < -0.4 is 10.6 Å². The zero-order valence-electron chi connectivity index (χ0n) is 17.0. The van der Waals surface area contributed by atoms with E-state index in [9.17, 15) is 23.6 Å². The molecule has 0 heterocycles. The molecule has 2 aromatic rings. The predicted molar refractivity (Wildman–Crippen MR) is 116 cm³/mol. The number of hydrogen-bond donors (Lipinski definition) is 2. The minimum absolute atomic E-state index is 0.131. The van der Waals surface area contributed by atoms with Gasteiger partial charge in [-0.3, -0.25) is 19.2 Å². The number of amides is 3. The number of halogens is 3. The van der Waals surface area contributed by atoms with E-state index in [4.69, 9.17) is 27.9 Å². The van der Waals surface area contributed by atoms with Gasteiger partial charge in [0.25, 0.3) is 11.8 Å². The van der Waals surface area contributed by atoms with Gasteiger partial charge < -0.3 is 20.3 Å². The molecule has 2 rings (SSSR count). The van der Waals surface area contributed by atoms with Crippen LogP contribution in [0, 0.1) is 5.82 Å². The fraction of sp³-hybridized carbons (Fsp3) is 0.238. The Morgan fingerprint density at radius 3 is 2.47 bits per heavy atom. The van der Waals surface area contributed by atoms with Crippen molar-refractivity contribution in [2.45, 2.75) is 6.54 Å². The van der Waals surface area contributed by atoms with E-state index in [1.807, 2.05) is 0 Å². The van der Waals surface area contributed by atoms with Gasteiger partial charge in [-0.05, 0) is 35.9 Å². The van der Waals surface area contributed by atoms with E-state index in [2.05, 4.69) is 10.6 Å². The van der Waals surface area contributed by atoms with E-state index in [0.717, 1.165) is 0 Å². The van der Waals surface area contributed by atoms with Crippen LogP contribution in [0.5, 0.6) is 0 Å². The SMILES string of the molecule is CN(Cc1cccc(F)c1)C(=O)COC(=O)CNC(=O)CNC(=O)c1ccc(Cl)cc1Cl. The van der Waals surface area contributed by atoms with Crippen LogP contribution in [0.1, 0.15) is 15.9 Å². The highest BCUT2D eigenvalue weighted by atomic mass is 35.5. The standard InChI is InChI=1S/C21H20Cl2FN3O5/c1-27(11-13-3-2-4-15(24)7-13)19(29)12-32-20(30)10-25-18(28)9-26-21(31)16-6-5-14(22)8-17(16)23/h2-8H,9-12H2,1H3,(H,25,28)(H,26,31). The number of esters is 1. The molecule has 0 saturated heterocycles. The third kappa shape index (κ3) is 8.16. The molecule has 0 unspecified atom stereocenters. The number of nitrogens with zero attached hydrogens (tertiary/aromatic N) is 1. The molecular formula is C21H20Cl2FN3O5. The summed E-state index contributed by atoms with van der Waals surface area (Å²) >= 11 is 11.7. The zero-order chi connectivity index (χ0) is 23.7. The lowest BCUT2D eigenvalue weighted by molar-refractivity contribution is -0.151. The molecule has 0 saturated carbocycles.